The summed E-state index contributed by atoms with van der Waals surface area (Å²) < 4.78 is 10.9. The number of rotatable bonds is 4. The molecular formula is C15H24N2O2. The summed E-state index contributed by atoms with van der Waals surface area (Å²) in [5.74, 6) is 1.71. The maximum absolute atomic E-state index is 6.42. The summed E-state index contributed by atoms with van der Waals surface area (Å²) in [5, 5.41) is 3.50. The van der Waals surface area contributed by atoms with Gasteiger partial charge >= 0.3 is 0 Å². The lowest BCUT2D eigenvalue weighted by atomic mass is 9.92. The molecule has 0 aliphatic carbocycles. The van der Waals surface area contributed by atoms with Gasteiger partial charge in [-0.3, -0.25) is 0 Å². The average molecular weight is 264 g/mol. The van der Waals surface area contributed by atoms with Gasteiger partial charge in [0.15, 0.2) is 0 Å². The lowest BCUT2D eigenvalue weighted by molar-refractivity contribution is 0.339. The van der Waals surface area contributed by atoms with Gasteiger partial charge < -0.3 is 20.5 Å². The quantitative estimate of drug-likeness (QED) is 0.875. The van der Waals surface area contributed by atoms with Crippen molar-refractivity contribution < 1.29 is 9.47 Å². The van der Waals surface area contributed by atoms with Gasteiger partial charge in [0.25, 0.3) is 0 Å². The van der Waals surface area contributed by atoms with Crippen LogP contribution in [0.2, 0.25) is 0 Å². The fraction of sp³-hybridized carbons (Fsp3) is 0.600. The van der Waals surface area contributed by atoms with Crippen molar-refractivity contribution in [2.45, 2.75) is 38.3 Å². The molecule has 0 amide bonds. The molecular weight excluding hydrogens is 240 g/mol. The van der Waals surface area contributed by atoms with Crippen LogP contribution in [0.5, 0.6) is 11.5 Å². The highest BCUT2D eigenvalue weighted by molar-refractivity contribution is 5.47. The number of methoxy groups -OCH3 is 2. The minimum absolute atomic E-state index is 0.0650. The fourth-order valence-corrected chi connectivity index (χ4v) is 2.74. The molecule has 0 saturated carbocycles. The molecule has 19 heavy (non-hydrogen) atoms. The molecule has 1 saturated heterocycles. The number of piperidine rings is 1. The number of hydrogen-bond donors (Lipinski definition) is 2. The Labute approximate surface area is 115 Å². The normalized spacial score (nSPS) is 20.9. The first-order valence-electron chi connectivity index (χ1n) is 6.89. The van der Waals surface area contributed by atoms with Crippen molar-refractivity contribution in [3.8, 4) is 11.5 Å². The second kappa shape index (κ2) is 6.26. The third-order valence-electron chi connectivity index (χ3n) is 3.89. The van der Waals surface area contributed by atoms with Gasteiger partial charge in [0.2, 0.25) is 0 Å². The molecule has 0 radical (unpaired) electrons. The Hall–Kier alpha value is -1.26. The van der Waals surface area contributed by atoms with E-state index in [4.69, 9.17) is 15.2 Å². The predicted octanol–water partition coefficient (Wildman–Crippen LogP) is 2.15. The summed E-state index contributed by atoms with van der Waals surface area (Å²) in [4.78, 5) is 0. The van der Waals surface area contributed by atoms with Crippen molar-refractivity contribution in [3.05, 3.63) is 23.3 Å². The number of ether oxygens (including phenoxy) is 2. The monoisotopic (exact) mass is 264 g/mol. The second-order valence-corrected chi connectivity index (χ2v) is 5.15. The van der Waals surface area contributed by atoms with Gasteiger partial charge in [-0.15, -0.1) is 0 Å². The lowest BCUT2D eigenvalue weighted by Crippen LogP contribution is -2.42. The van der Waals surface area contributed by atoms with Gasteiger partial charge in [0, 0.05) is 17.6 Å². The van der Waals surface area contributed by atoms with Crippen LogP contribution in [0, 0.1) is 6.92 Å². The van der Waals surface area contributed by atoms with E-state index in [1.165, 1.54) is 12.8 Å². The first kappa shape index (κ1) is 14.2. The number of nitrogens with one attached hydrogen (secondary N) is 1. The summed E-state index contributed by atoms with van der Waals surface area (Å²) in [5.41, 5.74) is 8.50. The smallest absolute Gasteiger partial charge is 0.124 e. The second-order valence-electron chi connectivity index (χ2n) is 5.15. The van der Waals surface area contributed by atoms with Gasteiger partial charge in [0.1, 0.15) is 11.5 Å². The van der Waals surface area contributed by atoms with E-state index in [1.54, 1.807) is 14.2 Å². The first-order valence-corrected chi connectivity index (χ1v) is 6.89. The average Bonchev–Trinajstić information content (AvgIpc) is 2.47. The van der Waals surface area contributed by atoms with Crippen molar-refractivity contribution in [2.75, 3.05) is 20.8 Å². The third-order valence-corrected chi connectivity index (χ3v) is 3.89. The topological polar surface area (TPSA) is 56.5 Å². The maximum atomic E-state index is 6.42. The minimum Gasteiger partial charge on any atom is -0.496 e. The Kier molecular flexibility index (Phi) is 4.66. The summed E-state index contributed by atoms with van der Waals surface area (Å²) in [7, 11) is 3.37. The molecule has 1 aliphatic rings. The van der Waals surface area contributed by atoms with E-state index < -0.39 is 0 Å². The van der Waals surface area contributed by atoms with E-state index in [9.17, 15) is 0 Å². The molecule has 106 valence electrons. The molecule has 2 unspecified atom stereocenters. The molecule has 1 aliphatic heterocycles. The summed E-state index contributed by atoms with van der Waals surface area (Å²) in [6, 6.07) is 4.26. The van der Waals surface area contributed by atoms with E-state index in [1.807, 2.05) is 19.1 Å². The van der Waals surface area contributed by atoms with Crippen LogP contribution in [0.1, 0.15) is 36.4 Å². The van der Waals surface area contributed by atoms with Crippen molar-refractivity contribution in [3.63, 3.8) is 0 Å². The number of nitrogens with two attached hydrogens (primary N) is 1. The van der Waals surface area contributed by atoms with E-state index >= 15 is 0 Å². The van der Waals surface area contributed by atoms with Gasteiger partial charge in [-0.25, -0.2) is 0 Å². The molecule has 2 atom stereocenters. The van der Waals surface area contributed by atoms with Crippen LogP contribution in [-0.4, -0.2) is 26.8 Å². The highest BCUT2D eigenvalue weighted by atomic mass is 16.5. The van der Waals surface area contributed by atoms with Gasteiger partial charge in [-0.05, 0) is 44.0 Å². The van der Waals surface area contributed by atoms with Crippen molar-refractivity contribution in [1.82, 2.24) is 5.32 Å². The van der Waals surface area contributed by atoms with Crippen LogP contribution < -0.4 is 20.5 Å². The van der Waals surface area contributed by atoms with Crippen molar-refractivity contribution in [1.29, 1.82) is 0 Å². The minimum atomic E-state index is -0.0650. The van der Waals surface area contributed by atoms with Crippen LogP contribution in [0.4, 0.5) is 0 Å². The van der Waals surface area contributed by atoms with E-state index in [0.29, 0.717) is 6.04 Å². The van der Waals surface area contributed by atoms with Crippen LogP contribution in [0.15, 0.2) is 12.1 Å². The lowest BCUT2D eigenvalue weighted by Gasteiger charge is -2.30. The molecule has 4 nitrogen and oxygen atoms in total. The van der Waals surface area contributed by atoms with Gasteiger partial charge in [-0.2, -0.15) is 0 Å². The molecule has 0 spiro atoms. The number of benzene rings is 1. The fourth-order valence-electron chi connectivity index (χ4n) is 2.74. The predicted molar refractivity (Wildman–Crippen MR) is 76.9 cm³/mol. The summed E-state index contributed by atoms with van der Waals surface area (Å²) in [6.07, 6.45) is 3.58. The Balaban J connectivity index is 2.30. The van der Waals surface area contributed by atoms with Crippen LogP contribution in [0.25, 0.3) is 0 Å². The molecule has 0 aromatic heterocycles. The van der Waals surface area contributed by atoms with E-state index in [2.05, 4.69) is 5.32 Å². The number of aryl methyl sites for hydroxylation is 1. The number of hydrogen-bond acceptors (Lipinski definition) is 4. The third kappa shape index (κ3) is 3.01. The Bertz CT molecular complexity index is 428. The summed E-state index contributed by atoms with van der Waals surface area (Å²) >= 11 is 0. The molecule has 1 fully saturated rings. The van der Waals surface area contributed by atoms with Crippen molar-refractivity contribution >= 4 is 0 Å². The Morgan fingerprint density at radius 2 is 1.95 bits per heavy atom. The van der Waals surface area contributed by atoms with Crippen LogP contribution in [-0.2, 0) is 0 Å². The van der Waals surface area contributed by atoms with Crippen molar-refractivity contribution in [2.24, 2.45) is 5.73 Å². The first-order chi connectivity index (χ1) is 9.17. The zero-order valence-corrected chi connectivity index (χ0v) is 12.0. The summed E-state index contributed by atoms with van der Waals surface area (Å²) in [6.45, 7) is 3.05. The largest absolute Gasteiger partial charge is 0.496 e. The van der Waals surface area contributed by atoms with Gasteiger partial charge in [0.05, 0.1) is 14.2 Å². The zero-order chi connectivity index (χ0) is 13.8. The van der Waals surface area contributed by atoms with Crippen LogP contribution >= 0.6 is 0 Å². The molecule has 1 heterocycles. The van der Waals surface area contributed by atoms with E-state index in [-0.39, 0.29) is 6.04 Å². The van der Waals surface area contributed by atoms with Crippen LogP contribution in [0.3, 0.4) is 0 Å². The highest BCUT2D eigenvalue weighted by Crippen LogP contribution is 2.34. The molecule has 1 aromatic carbocycles. The Morgan fingerprint density at radius 3 is 2.53 bits per heavy atom. The molecule has 2 rings (SSSR count). The van der Waals surface area contributed by atoms with Gasteiger partial charge in [-0.1, -0.05) is 6.42 Å². The standard InChI is InChI=1S/C15H24N2O2/c1-10-8-14(19-3)11(9-13(10)18-2)15(16)12-6-4-5-7-17-12/h8-9,12,15,17H,4-7,16H2,1-3H3. The van der Waals surface area contributed by atoms with E-state index in [0.717, 1.165) is 35.6 Å². The molecule has 4 heteroatoms. The molecule has 0 bridgehead atoms. The Morgan fingerprint density at radius 1 is 1.21 bits per heavy atom. The molecule has 3 N–H and O–H groups in total. The maximum Gasteiger partial charge on any atom is 0.124 e. The molecule has 1 aromatic rings. The highest BCUT2D eigenvalue weighted by Gasteiger charge is 2.24. The SMILES string of the molecule is COc1cc(C(N)C2CCCCN2)c(OC)cc1C. The zero-order valence-electron chi connectivity index (χ0n) is 12.0.